The standard InChI is InChI=1S/C14H9F3N2O2/c15-14(16,17)8-2-1-3-10-12(8)7(6-18-10)9-4-5-11(19-9)13(20)21/h1-6,18-19H,(H,20,21). The summed E-state index contributed by atoms with van der Waals surface area (Å²) in [5.74, 6) is -1.17. The summed E-state index contributed by atoms with van der Waals surface area (Å²) in [7, 11) is 0. The molecule has 21 heavy (non-hydrogen) atoms. The molecule has 2 heterocycles. The third-order valence-electron chi connectivity index (χ3n) is 3.22. The van der Waals surface area contributed by atoms with Gasteiger partial charge in [-0.25, -0.2) is 4.79 Å². The van der Waals surface area contributed by atoms with Gasteiger partial charge in [0.05, 0.1) is 5.56 Å². The molecule has 4 nitrogen and oxygen atoms in total. The lowest BCUT2D eigenvalue weighted by Gasteiger charge is -2.09. The molecule has 0 saturated carbocycles. The van der Waals surface area contributed by atoms with Crippen LogP contribution < -0.4 is 0 Å². The number of fused-ring (bicyclic) bond motifs is 1. The van der Waals surface area contributed by atoms with E-state index in [-0.39, 0.29) is 16.6 Å². The van der Waals surface area contributed by atoms with Gasteiger partial charge in [-0.1, -0.05) is 6.07 Å². The highest BCUT2D eigenvalue weighted by molar-refractivity contribution is 5.98. The number of H-pyrrole nitrogens is 2. The Labute approximate surface area is 116 Å². The van der Waals surface area contributed by atoms with Gasteiger partial charge in [0.25, 0.3) is 0 Å². The summed E-state index contributed by atoms with van der Waals surface area (Å²) in [6.45, 7) is 0. The highest BCUT2D eigenvalue weighted by atomic mass is 19.4. The van der Waals surface area contributed by atoms with E-state index < -0.39 is 17.7 Å². The molecule has 0 atom stereocenters. The maximum Gasteiger partial charge on any atom is 0.417 e. The number of hydrogen-bond acceptors (Lipinski definition) is 1. The van der Waals surface area contributed by atoms with Crippen LogP contribution in [0, 0.1) is 0 Å². The number of aromatic amines is 2. The molecule has 0 amide bonds. The van der Waals surface area contributed by atoms with Crippen LogP contribution in [0.25, 0.3) is 22.2 Å². The van der Waals surface area contributed by atoms with Crippen molar-refractivity contribution in [3.63, 3.8) is 0 Å². The predicted octanol–water partition coefficient (Wildman–Crippen LogP) is 3.88. The van der Waals surface area contributed by atoms with Gasteiger partial charge >= 0.3 is 12.1 Å². The van der Waals surface area contributed by atoms with Crippen LogP contribution in [-0.4, -0.2) is 21.0 Å². The van der Waals surface area contributed by atoms with Crippen molar-refractivity contribution < 1.29 is 23.1 Å². The van der Waals surface area contributed by atoms with Crippen molar-refractivity contribution in [1.82, 2.24) is 9.97 Å². The summed E-state index contributed by atoms with van der Waals surface area (Å²) in [4.78, 5) is 16.2. The first kappa shape index (κ1) is 13.3. The molecule has 3 rings (SSSR count). The van der Waals surface area contributed by atoms with Gasteiger partial charge in [-0.15, -0.1) is 0 Å². The van der Waals surface area contributed by atoms with E-state index >= 15 is 0 Å². The Kier molecular flexibility index (Phi) is 2.79. The summed E-state index contributed by atoms with van der Waals surface area (Å²) < 4.78 is 39.3. The lowest BCUT2D eigenvalue weighted by Crippen LogP contribution is -2.05. The molecule has 0 unspecified atom stereocenters. The molecule has 3 aromatic rings. The number of halogens is 3. The van der Waals surface area contributed by atoms with E-state index in [1.54, 1.807) is 0 Å². The average molecular weight is 294 g/mol. The van der Waals surface area contributed by atoms with Crippen LogP contribution in [0.4, 0.5) is 13.2 Å². The zero-order valence-corrected chi connectivity index (χ0v) is 10.5. The number of aromatic carboxylic acids is 1. The highest BCUT2D eigenvalue weighted by Gasteiger charge is 2.33. The fourth-order valence-corrected chi connectivity index (χ4v) is 2.31. The Morgan fingerprint density at radius 3 is 2.52 bits per heavy atom. The Morgan fingerprint density at radius 1 is 1.14 bits per heavy atom. The number of nitrogens with one attached hydrogen (secondary N) is 2. The van der Waals surface area contributed by atoms with Gasteiger partial charge < -0.3 is 15.1 Å². The quantitative estimate of drug-likeness (QED) is 0.671. The molecule has 3 N–H and O–H groups in total. The molecule has 0 aliphatic rings. The molecule has 2 aromatic heterocycles. The SMILES string of the molecule is O=C(O)c1ccc(-c2c[nH]c3cccc(C(F)(F)F)c23)[nH]1. The lowest BCUT2D eigenvalue weighted by atomic mass is 10.0. The molecular weight excluding hydrogens is 285 g/mol. The second kappa shape index (κ2) is 4.41. The van der Waals surface area contributed by atoms with Crippen molar-refractivity contribution in [2.24, 2.45) is 0 Å². The molecule has 1 aromatic carbocycles. The molecule has 0 saturated heterocycles. The van der Waals surface area contributed by atoms with Crippen LogP contribution >= 0.6 is 0 Å². The monoisotopic (exact) mass is 294 g/mol. The van der Waals surface area contributed by atoms with Crippen LogP contribution in [0.2, 0.25) is 0 Å². The van der Waals surface area contributed by atoms with Crippen LogP contribution in [-0.2, 0) is 6.18 Å². The maximum absolute atomic E-state index is 13.1. The molecule has 0 fully saturated rings. The first-order valence-electron chi connectivity index (χ1n) is 5.98. The number of aromatic nitrogens is 2. The van der Waals surface area contributed by atoms with E-state index in [1.807, 2.05) is 0 Å². The summed E-state index contributed by atoms with van der Waals surface area (Å²) >= 11 is 0. The summed E-state index contributed by atoms with van der Waals surface area (Å²) in [6.07, 6.45) is -3.06. The zero-order chi connectivity index (χ0) is 15.2. The molecule has 7 heteroatoms. The van der Waals surface area contributed by atoms with Crippen LogP contribution in [0.5, 0.6) is 0 Å². The first-order chi connectivity index (χ1) is 9.88. The summed E-state index contributed by atoms with van der Waals surface area (Å²) in [6, 6.07) is 6.62. The molecule has 0 spiro atoms. The van der Waals surface area contributed by atoms with Gasteiger partial charge in [-0.2, -0.15) is 13.2 Å². The fourth-order valence-electron chi connectivity index (χ4n) is 2.31. The lowest BCUT2D eigenvalue weighted by molar-refractivity contribution is -0.136. The second-order valence-corrected chi connectivity index (χ2v) is 4.52. The van der Waals surface area contributed by atoms with Gasteiger partial charge in [-0.05, 0) is 24.3 Å². The highest BCUT2D eigenvalue weighted by Crippen LogP contribution is 2.39. The van der Waals surface area contributed by atoms with E-state index in [1.165, 1.54) is 30.5 Å². The minimum Gasteiger partial charge on any atom is -0.477 e. The fraction of sp³-hybridized carbons (Fsp3) is 0.0714. The van der Waals surface area contributed by atoms with E-state index in [9.17, 15) is 18.0 Å². The average Bonchev–Trinajstić information content (AvgIpc) is 3.03. The van der Waals surface area contributed by atoms with Crippen LogP contribution in [0.3, 0.4) is 0 Å². The molecular formula is C14H9F3N2O2. The Balaban J connectivity index is 2.25. The number of carboxylic acids is 1. The largest absolute Gasteiger partial charge is 0.477 e. The van der Waals surface area contributed by atoms with Crippen molar-refractivity contribution in [3.05, 3.63) is 47.8 Å². The van der Waals surface area contributed by atoms with Gasteiger partial charge in [0.2, 0.25) is 0 Å². The number of hydrogen-bond donors (Lipinski definition) is 3. The van der Waals surface area contributed by atoms with Crippen LogP contribution in [0.1, 0.15) is 16.1 Å². The summed E-state index contributed by atoms with van der Waals surface area (Å²) in [5.41, 5.74) is 0.0960. The van der Waals surface area contributed by atoms with Gasteiger partial charge in [-0.3, -0.25) is 0 Å². The van der Waals surface area contributed by atoms with Crippen molar-refractivity contribution in [2.75, 3.05) is 0 Å². The van der Waals surface area contributed by atoms with Gasteiger partial charge in [0.15, 0.2) is 0 Å². The third kappa shape index (κ3) is 2.16. The van der Waals surface area contributed by atoms with Crippen LogP contribution in [0.15, 0.2) is 36.5 Å². The maximum atomic E-state index is 13.1. The normalized spacial score (nSPS) is 12.0. The minimum absolute atomic E-state index is 0.0174. The smallest absolute Gasteiger partial charge is 0.417 e. The Morgan fingerprint density at radius 2 is 1.90 bits per heavy atom. The number of alkyl halides is 3. The van der Waals surface area contributed by atoms with E-state index in [0.29, 0.717) is 11.2 Å². The summed E-state index contributed by atoms with van der Waals surface area (Å²) in [5, 5.41) is 8.89. The van der Waals surface area contributed by atoms with Crippen molar-refractivity contribution >= 4 is 16.9 Å². The number of benzene rings is 1. The number of carboxylic acid groups (broad SMARTS) is 1. The Bertz CT molecular complexity index is 830. The minimum atomic E-state index is -4.49. The van der Waals surface area contributed by atoms with Gasteiger partial charge in [0.1, 0.15) is 5.69 Å². The zero-order valence-electron chi connectivity index (χ0n) is 10.5. The topological polar surface area (TPSA) is 68.9 Å². The third-order valence-corrected chi connectivity index (χ3v) is 3.22. The van der Waals surface area contributed by atoms with Crippen molar-refractivity contribution in [2.45, 2.75) is 6.18 Å². The predicted molar refractivity (Wildman–Crippen MR) is 70.0 cm³/mol. The molecule has 108 valence electrons. The van der Waals surface area contributed by atoms with Crippen molar-refractivity contribution in [1.29, 1.82) is 0 Å². The van der Waals surface area contributed by atoms with Crippen molar-refractivity contribution in [3.8, 4) is 11.3 Å². The first-order valence-corrected chi connectivity index (χ1v) is 5.98. The second-order valence-electron chi connectivity index (χ2n) is 4.52. The van der Waals surface area contributed by atoms with E-state index in [0.717, 1.165) is 6.07 Å². The number of carbonyl (C=O) groups is 1. The Hall–Kier alpha value is -2.70. The van der Waals surface area contributed by atoms with Gasteiger partial charge in [0, 0.05) is 28.4 Å². The number of rotatable bonds is 2. The molecule has 0 aliphatic heterocycles. The molecule has 0 radical (unpaired) electrons. The molecule has 0 bridgehead atoms. The van der Waals surface area contributed by atoms with E-state index in [2.05, 4.69) is 9.97 Å². The molecule has 0 aliphatic carbocycles. The van der Waals surface area contributed by atoms with E-state index in [4.69, 9.17) is 5.11 Å².